The molecule has 0 spiro atoms. The first kappa shape index (κ1) is 89.5. The van der Waals surface area contributed by atoms with Gasteiger partial charge in [-0.2, -0.15) is 0 Å². The Kier molecular flexibility index (Phi) is 34.5. The Hall–Kier alpha value is -7.14. The van der Waals surface area contributed by atoms with Crippen LogP contribution in [0.2, 0.25) is 0 Å². The third-order valence-electron chi connectivity index (χ3n) is 18.5. The molecule has 0 bridgehead atoms. The number of carbonyl (C=O) groups is 3. The monoisotopic (exact) mass is 1620 g/mol. The molecule has 106 heavy (non-hydrogen) atoms. The summed E-state index contributed by atoms with van der Waals surface area (Å²) in [5.41, 5.74) is 3.68. The predicted octanol–water partition coefficient (Wildman–Crippen LogP) is 22.2. The molecule has 0 radical (unpaired) electrons. The van der Waals surface area contributed by atoms with Crippen LogP contribution in [-0.4, -0.2) is 133 Å². The van der Waals surface area contributed by atoms with Crippen LogP contribution in [0.5, 0.6) is 0 Å². The molecule has 3 amide bonds. The molecule has 8 aromatic rings. The number of halogens is 5. The van der Waals surface area contributed by atoms with Gasteiger partial charge in [-0.15, -0.1) is 0 Å². The summed E-state index contributed by atoms with van der Waals surface area (Å²) in [4.78, 5) is 41.5. The largest absolute Gasteiger partial charge is 0.490 e. The predicted molar refractivity (Wildman–Crippen MR) is 428 cm³/mol. The van der Waals surface area contributed by atoms with E-state index in [0.29, 0.717) is 74.2 Å². The normalized spacial score (nSPS) is 16.4. The number of aliphatic hydroxyl groups is 1. The number of carbonyl (C=O) groups excluding carboxylic acids is 3. The Labute approximate surface area is 652 Å². The molecular formula is C86H113BBrF4N4O9Pd-. The zero-order chi connectivity index (χ0) is 76.3. The third kappa shape index (κ3) is 25.0. The number of piperidine rings is 2. The van der Waals surface area contributed by atoms with Crippen molar-refractivity contribution in [1.82, 2.24) is 20.0 Å². The minimum atomic E-state index is -0.492. The molecule has 13 nitrogen and oxygen atoms in total. The summed E-state index contributed by atoms with van der Waals surface area (Å²) in [6.45, 7) is 33.1. The van der Waals surface area contributed by atoms with E-state index in [1.807, 2.05) is 205 Å². The SMILES string of the molecule is C.CC(C)(C)OC(=O)N1CC=C(B2OC(C)(C)C(C)(C)O2)CC1.CC(C)(C)OC(=O)N1CC=C(c2ccc(F)c3ccccc23)CC1.CC(C)(C)OC(=O)N1CCC(c2ccc(F)c3ccccc23)CC1.CO.Fc1ccc(Br)c2ccccc12.Fc1ccc(C2CCNCC2)c2ccccc12.[2H]CC.[CH3-].[Pd]. The zero-order valence-electron chi connectivity index (χ0n) is 65.1. The first-order chi connectivity index (χ1) is 49.2. The summed E-state index contributed by atoms with van der Waals surface area (Å²) in [5, 5.41) is 17.0. The molecule has 13 rings (SSSR count). The first-order valence-corrected chi connectivity index (χ1v) is 36.4. The van der Waals surface area contributed by atoms with E-state index in [4.69, 9.17) is 30.0 Å². The summed E-state index contributed by atoms with van der Waals surface area (Å²) >= 11 is 3.36. The fourth-order valence-corrected chi connectivity index (χ4v) is 13.2. The maximum atomic E-state index is 14.0. The number of amides is 3. The minimum Gasteiger partial charge on any atom is -0.444 e. The van der Waals surface area contributed by atoms with Crippen molar-refractivity contribution in [3.8, 4) is 0 Å². The van der Waals surface area contributed by atoms with Gasteiger partial charge >= 0.3 is 25.4 Å². The van der Waals surface area contributed by atoms with Crippen molar-refractivity contribution >= 4 is 90.0 Å². The summed E-state index contributed by atoms with van der Waals surface area (Å²) in [6.07, 6.45) is 8.77. The summed E-state index contributed by atoms with van der Waals surface area (Å²) in [6, 6.07) is 43.8. The molecule has 0 atom stereocenters. The van der Waals surface area contributed by atoms with Crippen molar-refractivity contribution in [3.05, 3.63) is 215 Å². The fourth-order valence-electron chi connectivity index (χ4n) is 12.7. The number of hydrogen-bond donors (Lipinski definition) is 2. The van der Waals surface area contributed by atoms with Crippen LogP contribution in [0.15, 0.2) is 168 Å². The molecule has 3 saturated heterocycles. The van der Waals surface area contributed by atoms with E-state index >= 15 is 0 Å². The van der Waals surface area contributed by atoms with Gasteiger partial charge in [0.05, 0.1) is 11.2 Å². The van der Waals surface area contributed by atoms with Gasteiger partial charge in [-0.1, -0.05) is 165 Å². The Morgan fingerprint density at radius 2 is 0.849 bits per heavy atom. The standard InChI is InChI=1S/C20H24FNO2.C20H22FNO2.C16H28BNO4.C15H16FN.C10H6BrF.C2H6.CH4O.CH4.CH3.Pd/c2*1-20(2,3)24-19(23)22-12-10-14(11-13-22)15-8-9-18(21)17-7-5-4-6-16(15)17;1-14(2,3)20-13(19)18-10-8-12(9-11-18)17-21-15(4,5)16(6,7)22-17;16-15-6-5-12(11-7-9-17-10-8-11)13-3-1-2-4-14(13)15;11-9-5-6-10(12)8-4-2-1-3-7(8)9;2*1-2;;;/h4-9,14H,10-13H2,1-3H3;4-10H,11-13H2,1-3H3;8H,9-11H2,1-7H3;1-6,11,17H,7-10H2;1-6H;1-2H3;2H,1H3;1H4;1H3;/q;;;;;;;;-1;/i;;;;;1D;;;;. The molecule has 5 aliphatic rings. The number of benzene rings is 8. The number of nitrogens with zero attached hydrogens (tertiary/aromatic N) is 3. The summed E-state index contributed by atoms with van der Waals surface area (Å²) in [7, 11) is 0.686. The maximum Gasteiger partial charge on any atom is 0.490 e. The van der Waals surface area contributed by atoms with E-state index in [2.05, 4.69) is 21.2 Å². The molecule has 0 aromatic heterocycles. The molecule has 5 aliphatic heterocycles. The Morgan fingerprint density at radius 3 is 1.24 bits per heavy atom. The number of ether oxygens (including phenoxy) is 3. The average molecular weight is 1620 g/mol. The minimum absolute atomic E-state index is 0. The van der Waals surface area contributed by atoms with Gasteiger partial charge in [-0.3, -0.25) is 0 Å². The van der Waals surface area contributed by atoms with Crippen LogP contribution < -0.4 is 5.32 Å². The van der Waals surface area contributed by atoms with Crippen LogP contribution in [0.4, 0.5) is 31.9 Å². The molecule has 5 heterocycles. The topological polar surface area (TPSA) is 139 Å². The number of aliphatic hydroxyl groups excluding tert-OH is 1. The number of likely N-dealkylation sites (tertiary alicyclic amines) is 1. The van der Waals surface area contributed by atoms with E-state index in [-0.39, 0.29) is 95.1 Å². The molecule has 3 fully saturated rings. The smallest absolute Gasteiger partial charge is 0.444 e. The van der Waals surface area contributed by atoms with Crippen molar-refractivity contribution in [1.29, 1.82) is 0 Å². The number of hydrogen-bond acceptors (Lipinski definition) is 10. The van der Waals surface area contributed by atoms with Crippen molar-refractivity contribution in [2.75, 3.05) is 59.5 Å². The van der Waals surface area contributed by atoms with Crippen LogP contribution >= 0.6 is 15.9 Å². The van der Waals surface area contributed by atoms with Crippen LogP contribution in [0, 0.1) is 30.7 Å². The Morgan fingerprint density at radius 1 is 0.509 bits per heavy atom. The van der Waals surface area contributed by atoms with Gasteiger partial charge in [0, 0.05) is 94.2 Å². The van der Waals surface area contributed by atoms with Gasteiger partial charge < -0.3 is 56.1 Å². The van der Waals surface area contributed by atoms with E-state index in [1.165, 1.54) is 23.3 Å². The molecular weight excluding hydrogens is 1510 g/mol. The van der Waals surface area contributed by atoms with Crippen LogP contribution in [-0.2, 0) is 43.9 Å². The number of nitrogens with one attached hydrogen (secondary N) is 1. The maximum absolute atomic E-state index is 14.0. The van der Waals surface area contributed by atoms with Gasteiger partial charge in [-0.05, 0) is 233 Å². The quantitative estimate of drug-likeness (QED) is 0.0758. The van der Waals surface area contributed by atoms with Gasteiger partial charge in [0.1, 0.15) is 40.1 Å². The van der Waals surface area contributed by atoms with Crippen molar-refractivity contribution in [2.24, 2.45) is 0 Å². The molecule has 0 saturated carbocycles. The van der Waals surface area contributed by atoms with Gasteiger partial charge in [0.15, 0.2) is 0 Å². The van der Waals surface area contributed by atoms with Gasteiger partial charge in [-0.25, -0.2) is 31.9 Å². The van der Waals surface area contributed by atoms with E-state index in [0.717, 1.165) is 107 Å². The fraction of sp³-hybridized carbons (Fsp3) is 0.442. The van der Waals surface area contributed by atoms with Crippen LogP contribution in [0.1, 0.15) is 180 Å². The van der Waals surface area contributed by atoms with Gasteiger partial charge in [0.25, 0.3) is 0 Å². The van der Waals surface area contributed by atoms with E-state index in [1.54, 1.807) is 52.0 Å². The number of rotatable bonds is 4. The molecule has 0 aliphatic carbocycles. The average Bonchev–Trinajstić information content (AvgIpc) is 1.55. The Balaban J connectivity index is 0.000000280. The molecule has 580 valence electrons. The zero-order valence-corrected chi connectivity index (χ0v) is 67.3. The van der Waals surface area contributed by atoms with Crippen molar-refractivity contribution in [2.45, 2.75) is 190 Å². The molecule has 8 aromatic carbocycles. The van der Waals surface area contributed by atoms with Crippen LogP contribution in [0.3, 0.4) is 0 Å². The second-order valence-corrected chi connectivity index (χ2v) is 30.6. The van der Waals surface area contributed by atoms with E-state index in [9.17, 15) is 31.9 Å². The molecule has 20 heteroatoms. The van der Waals surface area contributed by atoms with Crippen LogP contribution in [0.25, 0.3) is 48.7 Å². The van der Waals surface area contributed by atoms with Gasteiger partial charge in [0.2, 0.25) is 0 Å². The second kappa shape index (κ2) is 40.9. The molecule has 2 N–H and O–H groups in total. The Bertz CT molecular complexity index is 4210. The summed E-state index contributed by atoms with van der Waals surface area (Å²) < 4.78 is 90.3. The number of fused-ring (bicyclic) bond motifs is 4. The second-order valence-electron chi connectivity index (χ2n) is 29.8. The third-order valence-corrected chi connectivity index (χ3v) is 19.2. The molecule has 0 unspecified atom stereocenters. The van der Waals surface area contributed by atoms with E-state index < -0.39 is 16.8 Å². The summed E-state index contributed by atoms with van der Waals surface area (Å²) in [5.74, 6) is 0.240. The van der Waals surface area contributed by atoms with Crippen molar-refractivity contribution in [3.63, 3.8) is 0 Å². The first-order valence-electron chi connectivity index (χ1n) is 36.4. The van der Waals surface area contributed by atoms with Crippen molar-refractivity contribution < 1.29 is 82.4 Å².